The van der Waals surface area contributed by atoms with Crippen molar-refractivity contribution in [3.63, 3.8) is 0 Å². The summed E-state index contributed by atoms with van der Waals surface area (Å²) in [6, 6.07) is 15.5. The molecule has 18 heavy (non-hydrogen) atoms. The number of nitrogens with one attached hydrogen (secondary N) is 1. The van der Waals surface area contributed by atoms with Gasteiger partial charge in [-0.25, -0.2) is 0 Å². The normalized spacial score (nSPS) is 9.83. The Labute approximate surface area is 116 Å². The summed E-state index contributed by atoms with van der Waals surface area (Å²) in [6.07, 6.45) is 2.02. The van der Waals surface area contributed by atoms with E-state index in [9.17, 15) is 0 Å². The number of halogens is 1. The van der Waals surface area contributed by atoms with Crippen LogP contribution in [0.5, 0.6) is 0 Å². The van der Waals surface area contributed by atoms with E-state index in [0.29, 0.717) is 10.6 Å². The molecule has 0 aliphatic carbocycles. The van der Waals surface area contributed by atoms with Gasteiger partial charge in [-0.2, -0.15) is 5.26 Å². The van der Waals surface area contributed by atoms with Crippen LogP contribution in [0.4, 0.5) is 11.4 Å². The number of nitriles is 1. The molecule has 0 heterocycles. The Hall–Kier alpha value is -1.63. The maximum Gasteiger partial charge on any atom is 0.103 e. The van der Waals surface area contributed by atoms with Crippen molar-refractivity contribution in [2.24, 2.45) is 0 Å². The van der Waals surface area contributed by atoms with E-state index >= 15 is 0 Å². The van der Waals surface area contributed by atoms with E-state index in [4.69, 9.17) is 16.9 Å². The number of hydrogen-bond donors (Lipinski definition) is 1. The summed E-state index contributed by atoms with van der Waals surface area (Å²) < 4.78 is 0. The number of nitrogens with zero attached hydrogens (tertiary/aromatic N) is 1. The third-order valence-corrected chi connectivity index (χ3v) is 3.61. The highest BCUT2D eigenvalue weighted by atomic mass is 35.5. The van der Waals surface area contributed by atoms with E-state index in [2.05, 4.69) is 11.4 Å². The van der Waals surface area contributed by atoms with Crippen LogP contribution in [-0.2, 0) is 0 Å². The van der Waals surface area contributed by atoms with Crippen molar-refractivity contribution >= 4 is 34.7 Å². The van der Waals surface area contributed by atoms with Crippen LogP contribution < -0.4 is 5.32 Å². The molecule has 0 aliphatic rings. The van der Waals surface area contributed by atoms with Crippen LogP contribution in [0.1, 0.15) is 5.56 Å². The second-order valence-corrected chi connectivity index (χ2v) is 4.85. The van der Waals surface area contributed by atoms with Gasteiger partial charge < -0.3 is 5.32 Å². The molecule has 0 saturated carbocycles. The van der Waals surface area contributed by atoms with Gasteiger partial charge in [0, 0.05) is 4.90 Å². The van der Waals surface area contributed by atoms with E-state index in [1.54, 1.807) is 17.8 Å². The number of hydrogen-bond acceptors (Lipinski definition) is 3. The summed E-state index contributed by atoms with van der Waals surface area (Å²) in [7, 11) is 0. The summed E-state index contributed by atoms with van der Waals surface area (Å²) in [5, 5.41) is 12.8. The fourth-order valence-electron chi connectivity index (χ4n) is 1.63. The van der Waals surface area contributed by atoms with Crippen molar-refractivity contribution in [3.8, 4) is 6.07 Å². The minimum absolute atomic E-state index is 0.462. The standard InChI is InChI=1S/C14H11ClN2S/c1-18-14-8-3-2-6-13(14)17-12-7-4-5-11(15)10(12)9-16/h2-8,17H,1H3. The molecular formula is C14H11ClN2S. The summed E-state index contributed by atoms with van der Waals surface area (Å²) in [5.74, 6) is 0. The lowest BCUT2D eigenvalue weighted by Crippen LogP contribution is -1.95. The Morgan fingerprint density at radius 2 is 1.83 bits per heavy atom. The molecule has 1 N–H and O–H groups in total. The molecule has 0 spiro atoms. The maximum atomic E-state index is 9.12. The van der Waals surface area contributed by atoms with Crippen molar-refractivity contribution in [1.82, 2.24) is 0 Å². The van der Waals surface area contributed by atoms with Crippen molar-refractivity contribution in [3.05, 3.63) is 53.1 Å². The Morgan fingerprint density at radius 3 is 2.56 bits per heavy atom. The Bertz CT molecular complexity index is 605. The zero-order chi connectivity index (χ0) is 13.0. The molecule has 0 aliphatic heterocycles. The van der Waals surface area contributed by atoms with Gasteiger partial charge in [0.05, 0.1) is 22.0 Å². The first-order chi connectivity index (χ1) is 8.76. The molecule has 2 aromatic rings. The van der Waals surface area contributed by atoms with Crippen LogP contribution in [0.2, 0.25) is 5.02 Å². The smallest absolute Gasteiger partial charge is 0.103 e. The van der Waals surface area contributed by atoms with Gasteiger partial charge in [-0.05, 0) is 30.5 Å². The number of thioether (sulfide) groups is 1. The van der Waals surface area contributed by atoms with E-state index in [1.807, 2.05) is 42.7 Å². The SMILES string of the molecule is CSc1ccccc1Nc1cccc(Cl)c1C#N. The van der Waals surface area contributed by atoms with Gasteiger partial charge in [0.1, 0.15) is 6.07 Å². The lowest BCUT2D eigenvalue weighted by molar-refractivity contribution is 1.40. The summed E-state index contributed by atoms with van der Waals surface area (Å²) in [4.78, 5) is 1.13. The summed E-state index contributed by atoms with van der Waals surface area (Å²) in [6.45, 7) is 0. The fourth-order valence-corrected chi connectivity index (χ4v) is 2.41. The molecule has 90 valence electrons. The van der Waals surface area contributed by atoms with E-state index in [-0.39, 0.29) is 0 Å². The topological polar surface area (TPSA) is 35.8 Å². The molecule has 2 aromatic carbocycles. The molecule has 0 unspecified atom stereocenters. The van der Waals surface area contributed by atoms with Gasteiger partial charge in [-0.15, -0.1) is 11.8 Å². The number of benzene rings is 2. The van der Waals surface area contributed by atoms with E-state index < -0.39 is 0 Å². The van der Waals surface area contributed by atoms with Gasteiger partial charge in [0.25, 0.3) is 0 Å². The third kappa shape index (κ3) is 2.61. The molecule has 0 saturated heterocycles. The quantitative estimate of drug-likeness (QED) is 0.826. The highest BCUT2D eigenvalue weighted by Crippen LogP contribution is 2.31. The monoisotopic (exact) mass is 274 g/mol. The molecule has 0 radical (unpaired) electrons. The van der Waals surface area contributed by atoms with Crippen LogP contribution in [0.3, 0.4) is 0 Å². The molecular weight excluding hydrogens is 264 g/mol. The van der Waals surface area contributed by atoms with E-state index in [0.717, 1.165) is 16.3 Å². The van der Waals surface area contributed by atoms with Gasteiger partial charge in [-0.1, -0.05) is 29.8 Å². The van der Waals surface area contributed by atoms with Crippen LogP contribution in [-0.4, -0.2) is 6.26 Å². The lowest BCUT2D eigenvalue weighted by atomic mass is 10.2. The first-order valence-electron chi connectivity index (χ1n) is 5.35. The van der Waals surface area contributed by atoms with E-state index in [1.165, 1.54) is 0 Å². The molecule has 0 fully saturated rings. The zero-order valence-corrected chi connectivity index (χ0v) is 11.3. The zero-order valence-electron chi connectivity index (χ0n) is 9.77. The molecule has 2 rings (SSSR count). The largest absolute Gasteiger partial charge is 0.353 e. The third-order valence-electron chi connectivity index (χ3n) is 2.50. The predicted molar refractivity (Wildman–Crippen MR) is 77.7 cm³/mol. The molecule has 0 bridgehead atoms. The van der Waals surface area contributed by atoms with Crippen LogP contribution >= 0.6 is 23.4 Å². The molecule has 2 nitrogen and oxygen atoms in total. The van der Waals surface area contributed by atoms with Crippen LogP contribution in [0.15, 0.2) is 47.4 Å². The summed E-state index contributed by atoms with van der Waals surface area (Å²) in [5.41, 5.74) is 2.17. The first-order valence-corrected chi connectivity index (χ1v) is 6.95. The van der Waals surface area contributed by atoms with Crippen molar-refractivity contribution < 1.29 is 0 Å². The number of para-hydroxylation sites is 1. The summed E-state index contributed by atoms with van der Waals surface area (Å²) >= 11 is 7.66. The Balaban J connectivity index is 2.41. The highest BCUT2D eigenvalue weighted by Gasteiger charge is 2.08. The average Bonchev–Trinajstić information content (AvgIpc) is 2.40. The van der Waals surface area contributed by atoms with Crippen molar-refractivity contribution in [2.45, 2.75) is 4.90 Å². The Morgan fingerprint density at radius 1 is 1.11 bits per heavy atom. The minimum atomic E-state index is 0.462. The maximum absolute atomic E-state index is 9.12. The first kappa shape index (κ1) is 12.8. The predicted octanol–water partition coefficient (Wildman–Crippen LogP) is 4.68. The number of rotatable bonds is 3. The van der Waals surface area contributed by atoms with Gasteiger partial charge in [0.15, 0.2) is 0 Å². The van der Waals surface area contributed by atoms with Gasteiger partial charge in [-0.3, -0.25) is 0 Å². The van der Waals surface area contributed by atoms with Gasteiger partial charge >= 0.3 is 0 Å². The van der Waals surface area contributed by atoms with Crippen molar-refractivity contribution in [2.75, 3.05) is 11.6 Å². The number of anilines is 2. The fraction of sp³-hybridized carbons (Fsp3) is 0.0714. The molecule has 4 heteroatoms. The minimum Gasteiger partial charge on any atom is -0.353 e. The second kappa shape index (κ2) is 5.81. The van der Waals surface area contributed by atoms with Crippen LogP contribution in [0, 0.1) is 11.3 Å². The highest BCUT2D eigenvalue weighted by molar-refractivity contribution is 7.98. The molecule has 0 atom stereocenters. The lowest BCUT2D eigenvalue weighted by Gasteiger charge is -2.12. The Kier molecular flexibility index (Phi) is 4.14. The van der Waals surface area contributed by atoms with Gasteiger partial charge in [0.2, 0.25) is 0 Å². The van der Waals surface area contributed by atoms with Crippen LogP contribution in [0.25, 0.3) is 0 Å². The molecule has 0 amide bonds. The molecule has 0 aromatic heterocycles. The second-order valence-electron chi connectivity index (χ2n) is 3.60. The van der Waals surface area contributed by atoms with Crippen molar-refractivity contribution in [1.29, 1.82) is 5.26 Å². The average molecular weight is 275 g/mol.